The van der Waals surface area contributed by atoms with Gasteiger partial charge in [0.05, 0.1) is 13.2 Å². The highest BCUT2D eigenvalue weighted by Crippen LogP contribution is 2.38. The molecule has 7 heteroatoms. The van der Waals surface area contributed by atoms with Gasteiger partial charge in [0.15, 0.2) is 5.79 Å². The maximum absolute atomic E-state index is 12.7. The molecule has 2 aliphatic heterocycles. The Kier molecular flexibility index (Phi) is 15.0. The van der Waals surface area contributed by atoms with E-state index in [1.807, 2.05) is 56.3 Å². The maximum Gasteiger partial charge on any atom is 0.404 e. The number of primary amides is 1. The summed E-state index contributed by atoms with van der Waals surface area (Å²) in [6.07, 6.45) is 7.72. The minimum Gasteiger partial charge on any atom is -0.445 e. The highest BCUT2D eigenvalue weighted by atomic mass is 19.1. The first-order valence-corrected chi connectivity index (χ1v) is 14.1. The van der Waals surface area contributed by atoms with Crippen molar-refractivity contribution < 1.29 is 23.4 Å². The van der Waals surface area contributed by atoms with Gasteiger partial charge in [0, 0.05) is 12.8 Å². The predicted octanol–water partition coefficient (Wildman–Crippen LogP) is 6.62. The highest BCUT2D eigenvalue weighted by Gasteiger charge is 2.39. The fraction of sp³-hybridized carbons (Fsp3) is 0.581. The van der Waals surface area contributed by atoms with E-state index < -0.39 is 6.09 Å². The van der Waals surface area contributed by atoms with Crippen LogP contribution >= 0.6 is 0 Å². The third-order valence-corrected chi connectivity index (χ3v) is 6.79. The second-order valence-electron chi connectivity index (χ2n) is 9.95. The van der Waals surface area contributed by atoms with Crippen LogP contribution in [0, 0.1) is 17.7 Å². The zero-order chi connectivity index (χ0) is 27.6. The van der Waals surface area contributed by atoms with Gasteiger partial charge in [-0.15, -0.1) is 0 Å². The van der Waals surface area contributed by atoms with E-state index in [4.69, 9.17) is 15.2 Å². The van der Waals surface area contributed by atoms with E-state index >= 15 is 0 Å². The van der Waals surface area contributed by atoms with Crippen LogP contribution in [-0.2, 0) is 27.2 Å². The van der Waals surface area contributed by atoms with Crippen LogP contribution in [0.1, 0.15) is 70.4 Å². The number of ether oxygens (including phenoxy) is 3. The molecule has 3 aliphatic rings. The van der Waals surface area contributed by atoms with Gasteiger partial charge in [-0.05, 0) is 73.9 Å². The Labute approximate surface area is 228 Å². The van der Waals surface area contributed by atoms with Crippen LogP contribution in [0.5, 0.6) is 0 Å². The van der Waals surface area contributed by atoms with Crippen LogP contribution in [0.2, 0.25) is 0 Å². The van der Waals surface area contributed by atoms with E-state index in [2.05, 4.69) is 17.0 Å². The Morgan fingerprint density at radius 2 is 1.71 bits per heavy atom. The van der Waals surface area contributed by atoms with Gasteiger partial charge in [-0.1, -0.05) is 69.7 Å². The molecule has 1 spiro atoms. The van der Waals surface area contributed by atoms with Crippen molar-refractivity contribution in [1.29, 1.82) is 0 Å². The number of halogens is 1. The molecule has 2 heterocycles. The van der Waals surface area contributed by atoms with Gasteiger partial charge in [-0.25, -0.2) is 9.18 Å². The Morgan fingerprint density at radius 3 is 2.29 bits per heavy atom. The molecule has 2 aromatic rings. The third kappa shape index (κ3) is 12.4. The first kappa shape index (κ1) is 31.7. The molecule has 6 nitrogen and oxygen atoms in total. The number of rotatable bonds is 4. The topological polar surface area (TPSA) is 82.8 Å². The summed E-state index contributed by atoms with van der Waals surface area (Å²) in [6.45, 7) is 10.4. The van der Waals surface area contributed by atoms with Crippen molar-refractivity contribution in [1.82, 2.24) is 5.32 Å². The molecule has 1 saturated carbocycles. The van der Waals surface area contributed by atoms with E-state index in [1.54, 1.807) is 12.1 Å². The number of hydrogen-bond donors (Lipinski definition) is 2. The molecule has 0 aromatic heterocycles. The Hall–Kier alpha value is -2.48. The summed E-state index contributed by atoms with van der Waals surface area (Å²) in [5.74, 6) is 1.21. The molecular weight excluding hydrogens is 483 g/mol. The molecule has 2 atom stereocenters. The van der Waals surface area contributed by atoms with Gasteiger partial charge in [0.1, 0.15) is 12.4 Å². The van der Waals surface area contributed by atoms with Crippen molar-refractivity contribution in [2.75, 3.05) is 26.3 Å². The SMILES string of the molecule is CC.C[C@H]1CCCC2(C1)OCCO2.Fc1ccc(C[C@@H]2CCCNC2)cc1.NC(=O)OCc1ccccc1. The Balaban J connectivity index is 0.000000196. The minimum atomic E-state index is -0.742. The van der Waals surface area contributed by atoms with Crippen LogP contribution in [0.25, 0.3) is 0 Å². The number of amides is 1. The van der Waals surface area contributed by atoms with Crippen LogP contribution in [0.15, 0.2) is 54.6 Å². The highest BCUT2D eigenvalue weighted by molar-refractivity contribution is 5.64. The average Bonchev–Trinajstić information content (AvgIpc) is 3.39. The summed E-state index contributed by atoms with van der Waals surface area (Å²) >= 11 is 0. The summed E-state index contributed by atoms with van der Waals surface area (Å²) < 4.78 is 28.5. The normalized spacial score (nSPS) is 21.5. The zero-order valence-electron chi connectivity index (χ0n) is 23.4. The summed E-state index contributed by atoms with van der Waals surface area (Å²) in [7, 11) is 0. The van der Waals surface area contributed by atoms with Gasteiger partial charge in [-0.3, -0.25) is 0 Å². The second kappa shape index (κ2) is 17.9. The molecule has 0 radical (unpaired) electrons. The fourth-order valence-corrected chi connectivity index (χ4v) is 4.99. The first-order valence-electron chi connectivity index (χ1n) is 14.1. The molecule has 0 unspecified atom stereocenters. The standard InChI is InChI=1S/C12H16FN.C9H16O2.C8H9NO2.C2H6/c13-12-5-3-10(4-6-12)8-11-2-1-7-14-9-11;1-8-3-2-4-9(7-8)10-5-6-11-9;9-8(10)11-6-7-4-2-1-3-5-7;1-2/h3-6,11,14H,1-2,7-9H2;8H,2-7H2,1H3;1-5H,6H2,(H2,9,10);1-2H3/t11-;8-;;/m00../s1. The number of piperidine rings is 1. The maximum atomic E-state index is 12.7. The van der Waals surface area contributed by atoms with Gasteiger partial charge in [0.25, 0.3) is 0 Å². The van der Waals surface area contributed by atoms with E-state index in [0.717, 1.165) is 63.0 Å². The molecule has 5 rings (SSSR count). The molecular formula is C31H47FN2O4. The Bertz CT molecular complexity index is 883. The fourth-order valence-electron chi connectivity index (χ4n) is 4.99. The van der Waals surface area contributed by atoms with Crippen molar-refractivity contribution >= 4 is 6.09 Å². The number of nitrogens with two attached hydrogens (primary N) is 1. The van der Waals surface area contributed by atoms with Crippen LogP contribution in [0.3, 0.4) is 0 Å². The van der Waals surface area contributed by atoms with E-state index in [9.17, 15) is 9.18 Å². The van der Waals surface area contributed by atoms with Crippen molar-refractivity contribution in [2.24, 2.45) is 17.6 Å². The van der Waals surface area contributed by atoms with E-state index in [0.29, 0.717) is 0 Å². The predicted molar refractivity (Wildman–Crippen MR) is 150 cm³/mol. The van der Waals surface area contributed by atoms with E-state index in [-0.39, 0.29) is 18.2 Å². The van der Waals surface area contributed by atoms with Crippen molar-refractivity contribution in [3.63, 3.8) is 0 Å². The quantitative estimate of drug-likeness (QED) is 0.464. The molecule has 2 aromatic carbocycles. The number of nitrogens with one attached hydrogen (secondary N) is 1. The summed E-state index contributed by atoms with van der Waals surface area (Å²) in [5.41, 5.74) is 6.97. The largest absolute Gasteiger partial charge is 0.445 e. The number of benzene rings is 2. The van der Waals surface area contributed by atoms with Crippen molar-refractivity contribution in [3.8, 4) is 0 Å². The molecule has 1 aliphatic carbocycles. The molecule has 3 fully saturated rings. The number of carbonyl (C=O) groups excluding carboxylic acids is 1. The molecule has 212 valence electrons. The van der Waals surface area contributed by atoms with Gasteiger partial charge < -0.3 is 25.3 Å². The third-order valence-electron chi connectivity index (χ3n) is 6.79. The van der Waals surface area contributed by atoms with Gasteiger partial charge in [-0.2, -0.15) is 0 Å². The summed E-state index contributed by atoms with van der Waals surface area (Å²) in [5, 5.41) is 3.39. The van der Waals surface area contributed by atoms with Crippen LogP contribution < -0.4 is 11.1 Å². The van der Waals surface area contributed by atoms with Crippen molar-refractivity contribution in [2.45, 2.75) is 78.1 Å². The number of hydrogen-bond acceptors (Lipinski definition) is 5. The van der Waals surface area contributed by atoms with Gasteiger partial charge >= 0.3 is 6.09 Å². The lowest BCUT2D eigenvalue weighted by Gasteiger charge is -2.34. The average molecular weight is 531 g/mol. The summed E-state index contributed by atoms with van der Waals surface area (Å²) in [6, 6.07) is 16.3. The molecule has 3 N–H and O–H groups in total. The number of carbonyl (C=O) groups is 1. The van der Waals surface area contributed by atoms with Crippen molar-refractivity contribution in [3.05, 3.63) is 71.5 Å². The smallest absolute Gasteiger partial charge is 0.404 e. The summed E-state index contributed by atoms with van der Waals surface area (Å²) in [4.78, 5) is 10.2. The molecule has 1 amide bonds. The van der Waals surface area contributed by atoms with Gasteiger partial charge in [0.2, 0.25) is 0 Å². The first-order chi connectivity index (χ1) is 18.4. The lowest BCUT2D eigenvalue weighted by molar-refractivity contribution is -0.185. The lowest BCUT2D eigenvalue weighted by Crippen LogP contribution is -2.35. The van der Waals surface area contributed by atoms with Crippen LogP contribution in [-0.4, -0.2) is 38.2 Å². The minimum absolute atomic E-state index is 0.143. The lowest BCUT2D eigenvalue weighted by atomic mass is 9.86. The zero-order valence-corrected chi connectivity index (χ0v) is 23.4. The Morgan fingerprint density at radius 1 is 1.03 bits per heavy atom. The molecule has 38 heavy (non-hydrogen) atoms. The molecule has 0 bridgehead atoms. The second-order valence-corrected chi connectivity index (χ2v) is 9.95. The van der Waals surface area contributed by atoms with E-state index in [1.165, 1.54) is 31.2 Å². The monoisotopic (exact) mass is 530 g/mol. The van der Waals surface area contributed by atoms with Crippen LogP contribution in [0.4, 0.5) is 9.18 Å². The molecule has 2 saturated heterocycles.